The molecule has 4 nitrogen and oxygen atoms in total. The molecule has 0 radical (unpaired) electrons. The maximum Gasteiger partial charge on any atom is 0.405 e. The number of hydrogen-bond acceptors (Lipinski definition) is 2. The summed E-state index contributed by atoms with van der Waals surface area (Å²) in [6.07, 6.45) is -4.72. The molecule has 0 rings (SSSR count). The van der Waals surface area contributed by atoms with Crippen LogP contribution in [-0.4, -0.2) is 36.5 Å². The molecule has 0 aliphatic heterocycles. The predicted octanol–water partition coefficient (Wildman–Crippen LogP) is 0.619. The van der Waals surface area contributed by atoms with E-state index in [0.29, 0.717) is 6.42 Å². The third kappa shape index (κ3) is 7.66. The van der Waals surface area contributed by atoms with Crippen molar-refractivity contribution in [2.45, 2.75) is 25.6 Å². The van der Waals surface area contributed by atoms with Crippen LogP contribution in [0.5, 0.6) is 0 Å². The minimum Gasteiger partial charge on any atom is -0.391 e. The topological polar surface area (TPSA) is 61.4 Å². The van der Waals surface area contributed by atoms with E-state index < -0.39 is 24.9 Å². The molecular weight excluding hydrogens is 201 g/mol. The minimum atomic E-state index is -4.42. The van der Waals surface area contributed by atoms with Gasteiger partial charge in [-0.2, -0.15) is 13.2 Å². The van der Waals surface area contributed by atoms with Gasteiger partial charge < -0.3 is 15.7 Å². The van der Waals surface area contributed by atoms with Gasteiger partial charge in [-0.25, -0.2) is 4.79 Å². The van der Waals surface area contributed by atoms with E-state index in [1.807, 2.05) is 0 Å². The molecule has 0 aromatic carbocycles. The zero-order valence-electron chi connectivity index (χ0n) is 7.69. The molecule has 0 heterocycles. The molecule has 1 atom stereocenters. The highest BCUT2D eigenvalue weighted by Crippen LogP contribution is 2.11. The van der Waals surface area contributed by atoms with Crippen molar-refractivity contribution in [3.05, 3.63) is 0 Å². The Morgan fingerprint density at radius 3 is 2.43 bits per heavy atom. The SMILES string of the molecule is CCC(O)CNC(=O)NCC(F)(F)F. The van der Waals surface area contributed by atoms with E-state index in [0.717, 1.165) is 0 Å². The lowest BCUT2D eigenvalue weighted by molar-refractivity contribution is -0.122. The van der Waals surface area contributed by atoms with Gasteiger partial charge in [0.05, 0.1) is 6.10 Å². The molecule has 2 amide bonds. The summed E-state index contributed by atoms with van der Waals surface area (Å²) in [6, 6.07) is -0.935. The Balaban J connectivity index is 3.57. The molecule has 0 aliphatic carbocycles. The average molecular weight is 214 g/mol. The molecule has 0 saturated carbocycles. The zero-order valence-corrected chi connectivity index (χ0v) is 7.69. The number of hydrogen-bond donors (Lipinski definition) is 3. The van der Waals surface area contributed by atoms with E-state index >= 15 is 0 Å². The first kappa shape index (κ1) is 13.0. The molecule has 7 heteroatoms. The molecular formula is C7H13F3N2O2. The van der Waals surface area contributed by atoms with Gasteiger partial charge in [-0.3, -0.25) is 0 Å². The van der Waals surface area contributed by atoms with Crippen molar-refractivity contribution in [2.75, 3.05) is 13.1 Å². The maximum atomic E-state index is 11.6. The molecule has 0 aromatic rings. The van der Waals surface area contributed by atoms with Crippen molar-refractivity contribution in [1.82, 2.24) is 10.6 Å². The lowest BCUT2D eigenvalue weighted by Gasteiger charge is -2.11. The number of carbonyl (C=O) groups is 1. The summed E-state index contributed by atoms with van der Waals surface area (Å²) >= 11 is 0. The molecule has 14 heavy (non-hydrogen) atoms. The average Bonchev–Trinajstić information content (AvgIpc) is 2.09. The number of rotatable bonds is 4. The Hall–Kier alpha value is -0.980. The number of aliphatic hydroxyl groups excluding tert-OH is 1. The van der Waals surface area contributed by atoms with E-state index in [1.165, 1.54) is 0 Å². The summed E-state index contributed by atoms with van der Waals surface area (Å²) in [5, 5.41) is 12.7. The quantitative estimate of drug-likeness (QED) is 0.642. The molecule has 3 N–H and O–H groups in total. The van der Waals surface area contributed by atoms with Crippen molar-refractivity contribution in [2.24, 2.45) is 0 Å². The fourth-order valence-electron chi connectivity index (χ4n) is 0.598. The zero-order chi connectivity index (χ0) is 11.2. The van der Waals surface area contributed by atoms with Crippen molar-refractivity contribution < 1.29 is 23.1 Å². The second-order valence-corrected chi connectivity index (χ2v) is 2.74. The third-order valence-electron chi connectivity index (χ3n) is 1.42. The van der Waals surface area contributed by atoms with Gasteiger partial charge in [0.15, 0.2) is 0 Å². The Kier molecular flexibility index (Phi) is 5.29. The highest BCUT2D eigenvalue weighted by molar-refractivity contribution is 5.73. The second-order valence-electron chi connectivity index (χ2n) is 2.74. The van der Waals surface area contributed by atoms with Crippen molar-refractivity contribution in [1.29, 1.82) is 0 Å². The Morgan fingerprint density at radius 2 is 2.00 bits per heavy atom. The monoisotopic (exact) mass is 214 g/mol. The van der Waals surface area contributed by atoms with Gasteiger partial charge >= 0.3 is 12.2 Å². The summed E-state index contributed by atoms with van der Waals surface area (Å²) in [5.41, 5.74) is 0. The van der Waals surface area contributed by atoms with E-state index in [-0.39, 0.29) is 6.54 Å². The van der Waals surface area contributed by atoms with Crippen LogP contribution < -0.4 is 10.6 Å². The lowest BCUT2D eigenvalue weighted by atomic mass is 10.3. The number of urea groups is 1. The summed E-state index contributed by atoms with van der Waals surface area (Å²) < 4.78 is 34.8. The molecule has 0 aliphatic rings. The normalized spacial score (nSPS) is 13.5. The minimum absolute atomic E-state index is 0.0554. The van der Waals surface area contributed by atoms with Crippen LogP contribution in [0.4, 0.5) is 18.0 Å². The summed E-state index contributed by atoms with van der Waals surface area (Å²) in [6.45, 7) is 0.265. The van der Waals surface area contributed by atoms with Gasteiger partial charge in [-0.1, -0.05) is 6.92 Å². The summed E-state index contributed by atoms with van der Waals surface area (Å²) in [5.74, 6) is 0. The van der Waals surface area contributed by atoms with Crippen molar-refractivity contribution in [3.8, 4) is 0 Å². The van der Waals surface area contributed by atoms with E-state index in [2.05, 4.69) is 5.32 Å². The van der Waals surface area contributed by atoms with Crippen LogP contribution in [0.1, 0.15) is 13.3 Å². The number of alkyl halides is 3. The molecule has 0 bridgehead atoms. The summed E-state index contributed by atoms with van der Waals surface area (Å²) in [7, 11) is 0. The standard InChI is InChI=1S/C7H13F3N2O2/c1-2-5(13)3-11-6(14)12-4-7(8,9)10/h5,13H,2-4H2,1H3,(H2,11,12,14). The number of amides is 2. The van der Waals surface area contributed by atoms with Crippen LogP contribution in [0.15, 0.2) is 0 Å². The van der Waals surface area contributed by atoms with Gasteiger partial charge in [0.2, 0.25) is 0 Å². The van der Waals surface area contributed by atoms with Gasteiger partial charge in [0, 0.05) is 6.54 Å². The number of halogens is 3. The van der Waals surface area contributed by atoms with Crippen molar-refractivity contribution in [3.63, 3.8) is 0 Å². The molecule has 1 unspecified atom stereocenters. The molecule has 0 fully saturated rings. The largest absolute Gasteiger partial charge is 0.405 e. The van der Waals surface area contributed by atoms with Gasteiger partial charge in [0.1, 0.15) is 6.54 Å². The highest BCUT2D eigenvalue weighted by atomic mass is 19.4. The smallest absolute Gasteiger partial charge is 0.391 e. The number of nitrogens with one attached hydrogen (secondary N) is 2. The van der Waals surface area contributed by atoms with Crippen LogP contribution in [0.2, 0.25) is 0 Å². The third-order valence-corrected chi connectivity index (χ3v) is 1.42. The highest BCUT2D eigenvalue weighted by Gasteiger charge is 2.27. The Labute approximate surface area is 79.5 Å². The van der Waals surface area contributed by atoms with E-state index in [1.54, 1.807) is 12.2 Å². The molecule has 0 aromatic heterocycles. The Bertz CT molecular complexity index is 184. The van der Waals surface area contributed by atoms with Crippen molar-refractivity contribution >= 4 is 6.03 Å². The van der Waals surface area contributed by atoms with Gasteiger partial charge in [-0.15, -0.1) is 0 Å². The first-order chi connectivity index (χ1) is 6.35. The van der Waals surface area contributed by atoms with Crippen LogP contribution in [-0.2, 0) is 0 Å². The van der Waals surface area contributed by atoms with E-state index in [4.69, 9.17) is 5.11 Å². The molecule has 84 valence electrons. The van der Waals surface area contributed by atoms with Gasteiger partial charge in [0.25, 0.3) is 0 Å². The van der Waals surface area contributed by atoms with Gasteiger partial charge in [-0.05, 0) is 6.42 Å². The second kappa shape index (κ2) is 5.69. The lowest BCUT2D eigenvalue weighted by Crippen LogP contribution is -2.43. The number of carbonyl (C=O) groups excluding carboxylic acids is 1. The summed E-state index contributed by atoms with van der Waals surface area (Å²) in [4.78, 5) is 10.7. The fourth-order valence-corrected chi connectivity index (χ4v) is 0.598. The maximum absolute atomic E-state index is 11.6. The Morgan fingerprint density at radius 1 is 1.43 bits per heavy atom. The fraction of sp³-hybridized carbons (Fsp3) is 0.857. The first-order valence-electron chi connectivity index (χ1n) is 4.11. The van der Waals surface area contributed by atoms with E-state index in [9.17, 15) is 18.0 Å². The molecule has 0 spiro atoms. The van der Waals surface area contributed by atoms with Crippen LogP contribution in [0.25, 0.3) is 0 Å². The van der Waals surface area contributed by atoms with Crippen LogP contribution in [0.3, 0.4) is 0 Å². The first-order valence-corrected chi connectivity index (χ1v) is 4.11. The van der Waals surface area contributed by atoms with Crippen LogP contribution in [0, 0.1) is 0 Å². The predicted molar refractivity (Wildman–Crippen MR) is 43.8 cm³/mol. The molecule has 0 saturated heterocycles. The van der Waals surface area contributed by atoms with Crippen LogP contribution >= 0.6 is 0 Å². The number of aliphatic hydroxyl groups is 1.